The molecule has 1 N–H and O–H groups in total. The van der Waals surface area contributed by atoms with E-state index in [4.69, 9.17) is 4.98 Å². The van der Waals surface area contributed by atoms with E-state index in [1.54, 1.807) is 15.9 Å². The molecule has 30 heavy (non-hydrogen) atoms. The number of hydrogen-bond donors (Lipinski definition) is 1. The number of carbonyl (C=O) groups excluding carboxylic acids is 1. The van der Waals surface area contributed by atoms with Crippen LogP contribution in [-0.2, 0) is 17.8 Å². The molecule has 2 aromatic heterocycles. The van der Waals surface area contributed by atoms with E-state index in [-0.39, 0.29) is 17.2 Å². The summed E-state index contributed by atoms with van der Waals surface area (Å²) < 4.78 is 1.71. The first-order chi connectivity index (χ1) is 14.3. The number of aromatic nitrogens is 2. The highest BCUT2D eigenvalue weighted by molar-refractivity contribution is 7.99. The SMILES string of the molecule is CCc1sc2nc(SCC(=O)NCC(C)C)n(Cc3ccc(C)cc3)c(=O)c2c1C. The van der Waals surface area contributed by atoms with Gasteiger partial charge in [-0.2, -0.15) is 0 Å². The van der Waals surface area contributed by atoms with E-state index in [1.807, 2.05) is 38.1 Å². The van der Waals surface area contributed by atoms with Gasteiger partial charge in [-0.3, -0.25) is 14.2 Å². The molecule has 1 aromatic carbocycles. The Bertz CT molecular complexity index is 1100. The van der Waals surface area contributed by atoms with Gasteiger partial charge in [-0.1, -0.05) is 62.4 Å². The van der Waals surface area contributed by atoms with E-state index in [0.717, 1.165) is 22.4 Å². The molecule has 0 aliphatic heterocycles. The monoisotopic (exact) mass is 443 g/mol. The van der Waals surface area contributed by atoms with Gasteiger partial charge in [0.25, 0.3) is 5.56 Å². The summed E-state index contributed by atoms with van der Waals surface area (Å²) in [7, 11) is 0. The van der Waals surface area contributed by atoms with Crippen molar-refractivity contribution in [3.63, 3.8) is 0 Å². The molecule has 0 radical (unpaired) electrons. The molecular formula is C23H29N3O2S2. The average Bonchev–Trinajstić information content (AvgIpc) is 3.04. The molecule has 7 heteroatoms. The van der Waals surface area contributed by atoms with Gasteiger partial charge in [0.15, 0.2) is 5.16 Å². The van der Waals surface area contributed by atoms with Crippen molar-refractivity contribution in [1.29, 1.82) is 0 Å². The van der Waals surface area contributed by atoms with Gasteiger partial charge in [-0.15, -0.1) is 11.3 Å². The molecule has 0 atom stereocenters. The number of amides is 1. The van der Waals surface area contributed by atoms with Crippen LogP contribution in [0.15, 0.2) is 34.2 Å². The first-order valence-electron chi connectivity index (χ1n) is 10.3. The highest BCUT2D eigenvalue weighted by Crippen LogP contribution is 2.29. The molecule has 3 rings (SSSR count). The van der Waals surface area contributed by atoms with Gasteiger partial charge >= 0.3 is 0 Å². The molecule has 2 heterocycles. The quantitative estimate of drug-likeness (QED) is 0.410. The molecule has 160 valence electrons. The lowest BCUT2D eigenvalue weighted by atomic mass is 10.1. The number of fused-ring (bicyclic) bond motifs is 1. The molecule has 5 nitrogen and oxygen atoms in total. The molecule has 0 aliphatic rings. The molecule has 0 aliphatic carbocycles. The topological polar surface area (TPSA) is 64.0 Å². The Labute approximate surface area is 185 Å². The Hall–Kier alpha value is -2.12. The van der Waals surface area contributed by atoms with Crippen molar-refractivity contribution in [2.45, 2.75) is 52.7 Å². The highest BCUT2D eigenvalue weighted by Gasteiger charge is 2.18. The maximum Gasteiger partial charge on any atom is 0.263 e. The number of rotatable bonds is 8. The molecule has 0 saturated heterocycles. The van der Waals surface area contributed by atoms with Crippen molar-refractivity contribution in [2.24, 2.45) is 5.92 Å². The molecular weight excluding hydrogens is 414 g/mol. The molecule has 0 saturated carbocycles. The number of thiophene rings is 1. The lowest BCUT2D eigenvalue weighted by Crippen LogP contribution is -2.29. The van der Waals surface area contributed by atoms with E-state index in [9.17, 15) is 9.59 Å². The summed E-state index contributed by atoms with van der Waals surface area (Å²) in [4.78, 5) is 32.4. The number of aryl methyl sites for hydroxylation is 3. The number of carbonyl (C=O) groups is 1. The number of thioether (sulfide) groups is 1. The Balaban J connectivity index is 1.98. The molecule has 0 unspecified atom stereocenters. The van der Waals surface area contributed by atoms with Gasteiger partial charge in [0.2, 0.25) is 5.91 Å². The summed E-state index contributed by atoms with van der Waals surface area (Å²) in [5.41, 5.74) is 3.22. The first kappa shape index (κ1) is 22.6. The van der Waals surface area contributed by atoms with Crippen LogP contribution >= 0.6 is 23.1 Å². The second-order valence-electron chi connectivity index (χ2n) is 7.94. The fourth-order valence-corrected chi connectivity index (χ4v) is 5.19. The van der Waals surface area contributed by atoms with Crippen molar-refractivity contribution < 1.29 is 4.79 Å². The van der Waals surface area contributed by atoms with Crippen molar-refractivity contribution >= 4 is 39.2 Å². The van der Waals surface area contributed by atoms with Crippen LogP contribution in [0.25, 0.3) is 10.2 Å². The minimum absolute atomic E-state index is 0.0286. The van der Waals surface area contributed by atoms with Crippen molar-refractivity contribution in [1.82, 2.24) is 14.9 Å². The molecule has 1 amide bonds. The third kappa shape index (κ3) is 5.13. The van der Waals surface area contributed by atoms with Gasteiger partial charge < -0.3 is 5.32 Å². The predicted molar refractivity (Wildman–Crippen MR) is 127 cm³/mol. The molecule has 0 fully saturated rings. The number of nitrogens with one attached hydrogen (secondary N) is 1. The van der Waals surface area contributed by atoms with Gasteiger partial charge in [-0.25, -0.2) is 4.98 Å². The summed E-state index contributed by atoms with van der Waals surface area (Å²) in [6.07, 6.45) is 0.879. The van der Waals surface area contributed by atoms with Crippen molar-refractivity contribution in [3.8, 4) is 0 Å². The van der Waals surface area contributed by atoms with Crippen LogP contribution in [0.2, 0.25) is 0 Å². The van der Waals surface area contributed by atoms with E-state index in [2.05, 4.69) is 26.1 Å². The van der Waals surface area contributed by atoms with Crippen LogP contribution in [-0.4, -0.2) is 27.8 Å². The van der Waals surface area contributed by atoms with Gasteiger partial charge in [-0.05, 0) is 37.3 Å². The minimum atomic E-state index is -0.0402. The van der Waals surface area contributed by atoms with Crippen LogP contribution in [0, 0.1) is 19.8 Å². The van der Waals surface area contributed by atoms with E-state index in [0.29, 0.717) is 29.6 Å². The first-order valence-corrected chi connectivity index (χ1v) is 12.1. The van der Waals surface area contributed by atoms with Gasteiger partial charge in [0.1, 0.15) is 4.83 Å². The summed E-state index contributed by atoms with van der Waals surface area (Å²) >= 11 is 2.91. The maximum atomic E-state index is 13.4. The van der Waals surface area contributed by atoms with Crippen LogP contribution in [0.3, 0.4) is 0 Å². The largest absolute Gasteiger partial charge is 0.355 e. The van der Waals surface area contributed by atoms with E-state index < -0.39 is 0 Å². The number of benzene rings is 1. The van der Waals surface area contributed by atoms with Crippen molar-refractivity contribution in [2.75, 3.05) is 12.3 Å². The number of hydrogen-bond acceptors (Lipinski definition) is 5. The zero-order chi connectivity index (χ0) is 21.8. The zero-order valence-electron chi connectivity index (χ0n) is 18.2. The minimum Gasteiger partial charge on any atom is -0.355 e. The maximum absolute atomic E-state index is 13.4. The van der Waals surface area contributed by atoms with Crippen LogP contribution in [0.1, 0.15) is 42.3 Å². The lowest BCUT2D eigenvalue weighted by molar-refractivity contribution is -0.118. The molecule has 0 spiro atoms. The van der Waals surface area contributed by atoms with E-state index >= 15 is 0 Å². The number of nitrogens with zero attached hydrogens (tertiary/aromatic N) is 2. The normalized spacial score (nSPS) is 11.4. The second-order valence-corrected chi connectivity index (χ2v) is 9.97. The second kappa shape index (κ2) is 9.79. The highest BCUT2D eigenvalue weighted by atomic mass is 32.2. The predicted octanol–water partition coefficient (Wildman–Crippen LogP) is 4.55. The summed E-state index contributed by atoms with van der Waals surface area (Å²) in [5.74, 6) is 0.597. The van der Waals surface area contributed by atoms with Crippen molar-refractivity contribution in [3.05, 3.63) is 56.2 Å². The Kier molecular flexibility index (Phi) is 7.36. The summed E-state index contributed by atoms with van der Waals surface area (Å²) in [6.45, 7) is 11.3. The fourth-order valence-electron chi connectivity index (χ4n) is 3.21. The Morgan fingerprint density at radius 2 is 1.93 bits per heavy atom. The van der Waals surface area contributed by atoms with Crippen LogP contribution < -0.4 is 10.9 Å². The third-order valence-electron chi connectivity index (χ3n) is 4.94. The van der Waals surface area contributed by atoms with Gasteiger partial charge in [0, 0.05) is 11.4 Å². The Morgan fingerprint density at radius 1 is 1.23 bits per heavy atom. The van der Waals surface area contributed by atoms with Crippen LogP contribution in [0.4, 0.5) is 0 Å². The fraction of sp³-hybridized carbons (Fsp3) is 0.435. The summed E-state index contributed by atoms with van der Waals surface area (Å²) in [6, 6.07) is 8.16. The van der Waals surface area contributed by atoms with E-state index in [1.165, 1.54) is 22.2 Å². The average molecular weight is 444 g/mol. The summed E-state index contributed by atoms with van der Waals surface area (Å²) in [5, 5.41) is 4.23. The Morgan fingerprint density at radius 3 is 2.57 bits per heavy atom. The van der Waals surface area contributed by atoms with Crippen LogP contribution in [0.5, 0.6) is 0 Å². The third-order valence-corrected chi connectivity index (χ3v) is 7.24. The standard InChI is InChI=1S/C23H29N3O2S2/c1-6-18-16(5)20-21(30-18)25-23(29-13-19(27)24-11-14(2)3)26(22(20)28)12-17-9-7-15(4)8-10-17/h7-10,14H,6,11-13H2,1-5H3,(H,24,27). The zero-order valence-corrected chi connectivity index (χ0v) is 19.9. The molecule has 3 aromatic rings. The molecule has 0 bridgehead atoms. The van der Waals surface area contributed by atoms with Gasteiger partial charge in [0.05, 0.1) is 17.7 Å². The lowest BCUT2D eigenvalue weighted by Gasteiger charge is -2.13. The smallest absolute Gasteiger partial charge is 0.263 e.